The van der Waals surface area contributed by atoms with Gasteiger partial charge in [-0.3, -0.25) is 0 Å². The van der Waals surface area contributed by atoms with E-state index in [1.165, 1.54) is 12.8 Å². The second-order valence-corrected chi connectivity index (χ2v) is 7.72. The quantitative estimate of drug-likeness (QED) is 0.923. The van der Waals surface area contributed by atoms with Gasteiger partial charge >= 0.3 is 0 Å². The highest BCUT2D eigenvalue weighted by Crippen LogP contribution is 2.40. The van der Waals surface area contributed by atoms with Crippen LogP contribution >= 0.6 is 0 Å². The van der Waals surface area contributed by atoms with Gasteiger partial charge in [-0.1, -0.05) is 20.8 Å². The van der Waals surface area contributed by atoms with Crippen molar-refractivity contribution in [2.75, 3.05) is 0 Å². The number of hydrogen-bond acceptors (Lipinski definition) is 3. The van der Waals surface area contributed by atoms with E-state index in [9.17, 15) is 0 Å². The summed E-state index contributed by atoms with van der Waals surface area (Å²) in [6.45, 7) is 11.3. The Hall–Kier alpha value is -0.900. The first-order valence-corrected chi connectivity index (χ1v) is 7.93. The SMILES string of the molecule is CC(C)n1ncnc1CC1CC(C(C)(C)C)CCC1N. The van der Waals surface area contributed by atoms with Crippen molar-refractivity contribution in [2.45, 2.75) is 72.4 Å². The maximum Gasteiger partial charge on any atom is 0.138 e. The standard InChI is InChI=1S/C16H30N4/c1-11(2)20-15(18-10-19-20)9-12-8-13(16(3,4)5)6-7-14(12)17/h10-14H,6-9,17H2,1-5H3. The van der Waals surface area contributed by atoms with Gasteiger partial charge in [-0.25, -0.2) is 9.67 Å². The summed E-state index contributed by atoms with van der Waals surface area (Å²) in [5.74, 6) is 2.40. The molecule has 2 rings (SSSR count). The summed E-state index contributed by atoms with van der Waals surface area (Å²) in [5, 5.41) is 4.34. The van der Waals surface area contributed by atoms with Crippen molar-refractivity contribution in [1.82, 2.24) is 14.8 Å². The molecule has 1 heterocycles. The first-order chi connectivity index (χ1) is 9.29. The van der Waals surface area contributed by atoms with Gasteiger partial charge in [0, 0.05) is 18.5 Å². The predicted octanol–water partition coefficient (Wildman–Crippen LogP) is 3.19. The second kappa shape index (κ2) is 5.84. The molecule has 1 aliphatic rings. The molecule has 2 N–H and O–H groups in total. The fraction of sp³-hybridized carbons (Fsp3) is 0.875. The molecule has 0 bridgehead atoms. The summed E-state index contributed by atoms with van der Waals surface area (Å²) in [7, 11) is 0. The summed E-state index contributed by atoms with van der Waals surface area (Å²) in [4.78, 5) is 4.45. The van der Waals surface area contributed by atoms with E-state index in [0.29, 0.717) is 23.4 Å². The molecule has 1 aliphatic carbocycles. The van der Waals surface area contributed by atoms with E-state index in [2.05, 4.69) is 44.7 Å². The number of nitrogens with zero attached hydrogens (tertiary/aromatic N) is 3. The molecule has 0 saturated heterocycles. The van der Waals surface area contributed by atoms with Gasteiger partial charge in [-0.15, -0.1) is 0 Å². The minimum atomic E-state index is 0.311. The van der Waals surface area contributed by atoms with Crippen molar-refractivity contribution in [3.63, 3.8) is 0 Å². The van der Waals surface area contributed by atoms with Gasteiger partial charge in [0.2, 0.25) is 0 Å². The lowest BCUT2D eigenvalue weighted by atomic mass is 9.67. The van der Waals surface area contributed by atoms with E-state index in [1.807, 2.05) is 4.68 Å². The van der Waals surface area contributed by atoms with Crippen LogP contribution in [0.15, 0.2) is 6.33 Å². The lowest BCUT2D eigenvalue weighted by Gasteiger charge is -2.40. The Morgan fingerprint density at radius 2 is 2.05 bits per heavy atom. The van der Waals surface area contributed by atoms with Gasteiger partial charge in [0.25, 0.3) is 0 Å². The summed E-state index contributed by atoms with van der Waals surface area (Å²) in [6.07, 6.45) is 6.26. The van der Waals surface area contributed by atoms with E-state index in [1.54, 1.807) is 6.33 Å². The van der Waals surface area contributed by atoms with E-state index >= 15 is 0 Å². The minimum Gasteiger partial charge on any atom is -0.327 e. The molecule has 0 radical (unpaired) electrons. The molecule has 114 valence electrons. The Bertz CT molecular complexity index is 430. The smallest absolute Gasteiger partial charge is 0.138 e. The topological polar surface area (TPSA) is 56.7 Å². The zero-order chi connectivity index (χ0) is 14.9. The molecule has 3 atom stereocenters. The van der Waals surface area contributed by atoms with Gasteiger partial charge in [0.15, 0.2) is 0 Å². The lowest BCUT2D eigenvalue weighted by Crippen LogP contribution is -2.41. The van der Waals surface area contributed by atoms with Crippen LogP contribution in [-0.4, -0.2) is 20.8 Å². The highest BCUT2D eigenvalue weighted by molar-refractivity contribution is 4.95. The van der Waals surface area contributed by atoms with Crippen LogP contribution in [0.1, 0.15) is 65.7 Å². The van der Waals surface area contributed by atoms with Crippen LogP contribution in [-0.2, 0) is 6.42 Å². The summed E-state index contributed by atoms with van der Waals surface area (Å²) < 4.78 is 2.04. The molecule has 4 heteroatoms. The van der Waals surface area contributed by atoms with E-state index in [-0.39, 0.29) is 0 Å². The highest BCUT2D eigenvalue weighted by atomic mass is 15.3. The number of rotatable bonds is 3. The molecule has 0 aliphatic heterocycles. The van der Waals surface area contributed by atoms with Crippen LogP contribution in [0.25, 0.3) is 0 Å². The van der Waals surface area contributed by atoms with Crippen LogP contribution < -0.4 is 5.73 Å². The normalized spacial score (nSPS) is 28.1. The molecule has 1 saturated carbocycles. The molecule has 4 nitrogen and oxygen atoms in total. The van der Waals surface area contributed by atoms with E-state index in [4.69, 9.17) is 5.73 Å². The molecule has 1 aromatic rings. The Balaban J connectivity index is 2.08. The monoisotopic (exact) mass is 278 g/mol. The minimum absolute atomic E-state index is 0.311. The molecule has 20 heavy (non-hydrogen) atoms. The average molecular weight is 278 g/mol. The molecule has 1 fully saturated rings. The van der Waals surface area contributed by atoms with Crippen LogP contribution in [0.2, 0.25) is 0 Å². The number of nitrogens with two attached hydrogens (primary N) is 1. The summed E-state index contributed by atoms with van der Waals surface area (Å²) in [5.41, 5.74) is 6.75. The van der Waals surface area contributed by atoms with Crippen LogP contribution in [0.3, 0.4) is 0 Å². The Morgan fingerprint density at radius 3 is 2.65 bits per heavy atom. The van der Waals surface area contributed by atoms with Crippen molar-refractivity contribution in [3.05, 3.63) is 12.2 Å². The molecule has 3 unspecified atom stereocenters. The Morgan fingerprint density at radius 1 is 1.35 bits per heavy atom. The van der Waals surface area contributed by atoms with E-state index in [0.717, 1.165) is 24.6 Å². The van der Waals surface area contributed by atoms with Gasteiger partial charge in [-0.05, 0) is 50.4 Å². The fourth-order valence-corrected chi connectivity index (χ4v) is 3.39. The Labute approximate surface area is 123 Å². The average Bonchev–Trinajstić information content (AvgIpc) is 2.78. The first-order valence-electron chi connectivity index (χ1n) is 7.93. The predicted molar refractivity (Wildman–Crippen MR) is 82.4 cm³/mol. The van der Waals surface area contributed by atoms with Gasteiger partial charge < -0.3 is 5.73 Å². The molecule has 0 spiro atoms. The van der Waals surface area contributed by atoms with Crippen LogP contribution in [0.4, 0.5) is 0 Å². The van der Waals surface area contributed by atoms with Crippen LogP contribution in [0, 0.1) is 17.3 Å². The van der Waals surface area contributed by atoms with Gasteiger partial charge in [0.1, 0.15) is 12.2 Å². The maximum absolute atomic E-state index is 6.37. The second-order valence-electron chi connectivity index (χ2n) is 7.72. The zero-order valence-corrected chi connectivity index (χ0v) is 13.6. The van der Waals surface area contributed by atoms with E-state index < -0.39 is 0 Å². The van der Waals surface area contributed by atoms with Gasteiger partial charge in [0.05, 0.1) is 0 Å². The number of aromatic nitrogens is 3. The third-order valence-corrected chi connectivity index (χ3v) is 4.85. The Kier molecular flexibility index (Phi) is 4.52. The van der Waals surface area contributed by atoms with Crippen molar-refractivity contribution in [1.29, 1.82) is 0 Å². The van der Waals surface area contributed by atoms with Crippen molar-refractivity contribution >= 4 is 0 Å². The molecule has 1 aromatic heterocycles. The van der Waals surface area contributed by atoms with Crippen molar-refractivity contribution in [3.8, 4) is 0 Å². The highest BCUT2D eigenvalue weighted by Gasteiger charge is 2.35. The third-order valence-electron chi connectivity index (χ3n) is 4.85. The molecular weight excluding hydrogens is 248 g/mol. The third kappa shape index (κ3) is 3.40. The summed E-state index contributed by atoms with van der Waals surface area (Å²) >= 11 is 0. The molecule has 0 aromatic carbocycles. The molecular formula is C16H30N4. The molecule has 0 amide bonds. The van der Waals surface area contributed by atoms with Crippen LogP contribution in [0.5, 0.6) is 0 Å². The lowest BCUT2D eigenvalue weighted by molar-refractivity contribution is 0.125. The fourth-order valence-electron chi connectivity index (χ4n) is 3.39. The first kappa shape index (κ1) is 15.5. The number of hydrogen-bond donors (Lipinski definition) is 1. The zero-order valence-electron chi connectivity index (χ0n) is 13.6. The van der Waals surface area contributed by atoms with Crippen molar-refractivity contribution < 1.29 is 0 Å². The van der Waals surface area contributed by atoms with Gasteiger partial charge in [-0.2, -0.15) is 5.10 Å². The largest absolute Gasteiger partial charge is 0.327 e. The summed E-state index contributed by atoms with van der Waals surface area (Å²) in [6, 6.07) is 0.677. The van der Waals surface area contributed by atoms with Crippen molar-refractivity contribution in [2.24, 2.45) is 23.0 Å². The maximum atomic E-state index is 6.37.